The van der Waals surface area contributed by atoms with Crippen molar-refractivity contribution in [1.82, 2.24) is 25.1 Å². The Balaban J connectivity index is 1.44. The Bertz CT molecular complexity index is 1030. The number of carbonyl (C=O) groups is 1. The molecule has 0 radical (unpaired) electrons. The van der Waals surface area contributed by atoms with E-state index in [9.17, 15) is 4.79 Å². The van der Waals surface area contributed by atoms with Crippen LogP contribution in [0.25, 0.3) is 22.8 Å². The number of hydrogen-bond acceptors (Lipinski definition) is 5. The van der Waals surface area contributed by atoms with Crippen molar-refractivity contribution in [1.29, 1.82) is 0 Å². The van der Waals surface area contributed by atoms with Gasteiger partial charge in [0.25, 0.3) is 5.91 Å². The van der Waals surface area contributed by atoms with Gasteiger partial charge in [0.2, 0.25) is 0 Å². The van der Waals surface area contributed by atoms with Crippen LogP contribution in [0.4, 0.5) is 0 Å². The van der Waals surface area contributed by atoms with Gasteiger partial charge >= 0.3 is 0 Å². The number of ether oxygens (including phenoxy) is 1. The molecule has 0 aliphatic carbocycles. The Hall–Kier alpha value is -3.22. The lowest BCUT2D eigenvalue weighted by Crippen LogP contribution is -2.35. The Kier molecular flexibility index (Phi) is 6.60. The molecule has 3 aromatic rings. The molecule has 7 heteroatoms. The van der Waals surface area contributed by atoms with Gasteiger partial charge in [0.05, 0.1) is 18.3 Å². The molecule has 1 atom stereocenters. The van der Waals surface area contributed by atoms with Crippen LogP contribution in [0.1, 0.15) is 56.4 Å². The third-order valence-corrected chi connectivity index (χ3v) is 5.45. The maximum absolute atomic E-state index is 12.0. The number of rotatable bonds is 9. The summed E-state index contributed by atoms with van der Waals surface area (Å²) in [6, 6.07) is 11.5. The number of benzene rings is 1. The van der Waals surface area contributed by atoms with Gasteiger partial charge in [-0.15, -0.1) is 0 Å². The van der Waals surface area contributed by atoms with Gasteiger partial charge < -0.3 is 10.1 Å². The van der Waals surface area contributed by atoms with E-state index in [0.717, 1.165) is 17.7 Å². The molecule has 1 aromatic carbocycles. The van der Waals surface area contributed by atoms with E-state index in [-0.39, 0.29) is 12.0 Å². The Labute approximate surface area is 182 Å². The summed E-state index contributed by atoms with van der Waals surface area (Å²) in [6.07, 6.45) is 7.99. The molecule has 31 heavy (non-hydrogen) atoms. The molecule has 1 amide bonds. The molecule has 162 valence electrons. The van der Waals surface area contributed by atoms with Gasteiger partial charge in [-0.25, -0.2) is 9.97 Å². The average molecular weight is 420 g/mol. The summed E-state index contributed by atoms with van der Waals surface area (Å²) in [5, 5.41) is 7.37. The van der Waals surface area contributed by atoms with Gasteiger partial charge in [-0.3, -0.25) is 9.48 Å². The third kappa shape index (κ3) is 5.10. The molecule has 0 bridgehead atoms. The van der Waals surface area contributed by atoms with Crippen molar-refractivity contribution >= 4 is 5.91 Å². The van der Waals surface area contributed by atoms with Crippen LogP contribution in [0.3, 0.4) is 0 Å². The minimum absolute atomic E-state index is 0.102. The average Bonchev–Trinajstić information content (AvgIpc) is 3.23. The van der Waals surface area contributed by atoms with Gasteiger partial charge in [-0.2, -0.15) is 5.10 Å². The lowest BCUT2D eigenvalue weighted by Gasteiger charge is -2.14. The van der Waals surface area contributed by atoms with E-state index in [0.29, 0.717) is 36.0 Å². The van der Waals surface area contributed by atoms with Gasteiger partial charge in [-0.1, -0.05) is 26.2 Å². The van der Waals surface area contributed by atoms with E-state index in [2.05, 4.69) is 34.2 Å². The van der Waals surface area contributed by atoms with Crippen LogP contribution >= 0.6 is 0 Å². The second-order valence-electron chi connectivity index (χ2n) is 7.96. The summed E-state index contributed by atoms with van der Waals surface area (Å²) in [5.74, 6) is 1.37. The zero-order valence-corrected chi connectivity index (χ0v) is 18.2. The van der Waals surface area contributed by atoms with Crippen LogP contribution in [-0.4, -0.2) is 38.3 Å². The summed E-state index contributed by atoms with van der Waals surface area (Å²) in [7, 11) is 0. The van der Waals surface area contributed by atoms with E-state index in [4.69, 9.17) is 4.74 Å². The van der Waals surface area contributed by atoms with Gasteiger partial charge in [0.15, 0.2) is 5.82 Å². The third-order valence-electron chi connectivity index (χ3n) is 5.45. The fourth-order valence-corrected chi connectivity index (χ4v) is 3.73. The molecule has 7 nitrogen and oxygen atoms in total. The fraction of sp³-hybridized carbons (Fsp3) is 0.417. The van der Waals surface area contributed by atoms with Crippen molar-refractivity contribution in [3.63, 3.8) is 0 Å². The first-order chi connectivity index (χ1) is 15.1. The monoisotopic (exact) mass is 419 g/mol. The van der Waals surface area contributed by atoms with Gasteiger partial charge in [0, 0.05) is 18.3 Å². The highest BCUT2D eigenvalue weighted by molar-refractivity contribution is 5.94. The topological polar surface area (TPSA) is 81.9 Å². The van der Waals surface area contributed by atoms with E-state index < -0.39 is 0 Å². The predicted octanol–water partition coefficient (Wildman–Crippen LogP) is 4.49. The van der Waals surface area contributed by atoms with Gasteiger partial charge in [-0.05, 0) is 56.2 Å². The standard InChI is InChI=1S/C24H29N5O2/c1-3-4-5-6-7-17(2)31-19-10-8-18(9-11-19)23-25-13-12-20(27-23)21-16-22-24(30)26-14-15-29(22)28-21/h8-13,16-17H,3-7,14-15H2,1-2H3,(H,26,30). The van der Waals surface area contributed by atoms with Crippen LogP contribution in [0.2, 0.25) is 0 Å². The number of nitrogens with one attached hydrogen (secondary N) is 1. The molecular weight excluding hydrogens is 390 g/mol. The largest absolute Gasteiger partial charge is 0.491 e. The number of hydrogen-bond donors (Lipinski definition) is 1. The minimum Gasteiger partial charge on any atom is -0.491 e. The molecule has 1 unspecified atom stereocenters. The molecule has 0 spiro atoms. The van der Waals surface area contributed by atoms with Crippen LogP contribution < -0.4 is 10.1 Å². The van der Waals surface area contributed by atoms with E-state index >= 15 is 0 Å². The summed E-state index contributed by atoms with van der Waals surface area (Å²) >= 11 is 0. The second-order valence-corrected chi connectivity index (χ2v) is 7.96. The fourth-order valence-electron chi connectivity index (χ4n) is 3.73. The van der Waals surface area contributed by atoms with E-state index in [1.807, 2.05) is 30.3 Å². The number of fused-ring (bicyclic) bond motifs is 1. The van der Waals surface area contributed by atoms with Crippen molar-refractivity contribution in [3.05, 3.63) is 48.3 Å². The zero-order valence-electron chi connectivity index (χ0n) is 18.2. The molecule has 3 heterocycles. The summed E-state index contributed by atoms with van der Waals surface area (Å²) in [6.45, 7) is 5.60. The van der Waals surface area contributed by atoms with Crippen molar-refractivity contribution in [2.24, 2.45) is 0 Å². The Morgan fingerprint density at radius 2 is 1.97 bits per heavy atom. The highest BCUT2D eigenvalue weighted by Crippen LogP contribution is 2.24. The van der Waals surface area contributed by atoms with Crippen LogP contribution in [-0.2, 0) is 6.54 Å². The highest BCUT2D eigenvalue weighted by atomic mass is 16.5. The predicted molar refractivity (Wildman–Crippen MR) is 120 cm³/mol. The molecule has 1 N–H and O–H groups in total. The second kappa shape index (κ2) is 9.73. The molecule has 0 saturated heterocycles. The smallest absolute Gasteiger partial charge is 0.269 e. The number of unbranched alkanes of at least 4 members (excludes halogenated alkanes) is 3. The molecule has 0 saturated carbocycles. The lowest BCUT2D eigenvalue weighted by molar-refractivity contribution is 0.0924. The number of nitrogens with zero attached hydrogens (tertiary/aromatic N) is 4. The Morgan fingerprint density at radius 3 is 2.74 bits per heavy atom. The van der Waals surface area contributed by atoms with Crippen molar-refractivity contribution in [2.45, 2.75) is 58.6 Å². The molecule has 1 aliphatic rings. The van der Waals surface area contributed by atoms with E-state index in [1.165, 1.54) is 25.7 Å². The Morgan fingerprint density at radius 1 is 1.13 bits per heavy atom. The molecule has 0 fully saturated rings. The quantitative estimate of drug-likeness (QED) is 0.517. The normalized spacial score (nSPS) is 14.1. The van der Waals surface area contributed by atoms with Crippen molar-refractivity contribution in [3.8, 4) is 28.5 Å². The maximum Gasteiger partial charge on any atom is 0.269 e. The van der Waals surface area contributed by atoms with Crippen LogP contribution in [0, 0.1) is 0 Å². The number of carbonyl (C=O) groups excluding carboxylic acids is 1. The first-order valence-corrected chi connectivity index (χ1v) is 11.1. The van der Waals surface area contributed by atoms with Crippen LogP contribution in [0.15, 0.2) is 42.6 Å². The van der Waals surface area contributed by atoms with Crippen LogP contribution in [0.5, 0.6) is 5.75 Å². The number of aromatic nitrogens is 4. The molecule has 4 rings (SSSR count). The van der Waals surface area contributed by atoms with Gasteiger partial charge in [0.1, 0.15) is 17.1 Å². The highest BCUT2D eigenvalue weighted by Gasteiger charge is 2.20. The maximum atomic E-state index is 12.0. The molecule has 2 aromatic heterocycles. The zero-order chi connectivity index (χ0) is 21.6. The summed E-state index contributed by atoms with van der Waals surface area (Å²) in [4.78, 5) is 21.1. The summed E-state index contributed by atoms with van der Waals surface area (Å²) < 4.78 is 7.77. The van der Waals surface area contributed by atoms with Crippen molar-refractivity contribution in [2.75, 3.05) is 6.54 Å². The first kappa shape index (κ1) is 21.0. The minimum atomic E-state index is -0.102. The van der Waals surface area contributed by atoms with Crippen molar-refractivity contribution < 1.29 is 9.53 Å². The SMILES string of the molecule is CCCCCCC(C)Oc1ccc(-c2nccc(-c3cc4n(n3)CCNC4=O)n2)cc1. The first-order valence-electron chi connectivity index (χ1n) is 11.1. The molecule has 1 aliphatic heterocycles. The molecular formula is C24H29N5O2. The lowest BCUT2D eigenvalue weighted by atomic mass is 10.1. The van der Waals surface area contributed by atoms with E-state index in [1.54, 1.807) is 16.9 Å². The number of amides is 1. The summed E-state index contributed by atoms with van der Waals surface area (Å²) in [5.41, 5.74) is 2.84.